The molecule has 6 heteroatoms. The maximum absolute atomic E-state index is 13.2. The molecule has 1 aromatic heterocycles. The van der Waals surface area contributed by atoms with E-state index in [0.29, 0.717) is 16.4 Å². The van der Waals surface area contributed by atoms with Crippen LogP contribution in [-0.2, 0) is 0 Å². The van der Waals surface area contributed by atoms with Gasteiger partial charge in [0.1, 0.15) is 11.9 Å². The Hall–Kier alpha value is -1.56. The Bertz CT molecular complexity index is 506. The van der Waals surface area contributed by atoms with Gasteiger partial charge in [-0.3, -0.25) is 5.84 Å². The summed E-state index contributed by atoms with van der Waals surface area (Å²) in [6.07, 6.45) is 3.17. The average Bonchev–Trinajstić information content (AvgIpc) is 2.36. The van der Waals surface area contributed by atoms with Crippen LogP contribution < -0.4 is 11.3 Å². The average molecular weight is 253 g/mol. The fraction of sp³-hybridized carbons (Fsp3) is 0.0909. The molecule has 0 spiro atoms. The zero-order valence-electron chi connectivity index (χ0n) is 8.77. The first kappa shape index (κ1) is 11.9. The van der Waals surface area contributed by atoms with Crippen molar-refractivity contribution in [2.24, 2.45) is 5.84 Å². The van der Waals surface area contributed by atoms with Crippen LogP contribution >= 0.6 is 11.6 Å². The molecule has 17 heavy (non-hydrogen) atoms. The number of nitrogens with zero attached hydrogens (tertiary/aromatic N) is 2. The topological polar surface area (TPSA) is 63.8 Å². The van der Waals surface area contributed by atoms with E-state index in [1.165, 1.54) is 18.2 Å². The summed E-state index contributed by atoms with van der Waals surface area (Å²) in [5, 5.41) is 0.404. The zero-order valence-corrected chi connectivity index (χ0v) is 9.53. The monoisotopic (exact) mass is 252 g/mol. The summed E-state index contributed by atoms with van der Waals surface area (Å²) in [5.74, 6) is 5.49. The maximum atomic E-state index is 13.2. The van der Waals surface area contributed by atoms with E-state index in [9.17, 15) is 4.39 Å². The largest absolute Gasteiger partial charge is 0.270 e. The normalized spacial score (nSPS) is 12.4. The van der Waals surface area contributed by atoms with E-state index in [1.807, 2.05) is 0 Å². The van der Waals surface area contributed by atoms with E-state index in [-0.39, 0.29) is 5.82 Å². The Kier molecular flexibility index (Phi) is 3.63. The quantitative estimate of drug-likeness (QED) is 0.646. The van der Waals surface area contributed by atoms with Crippen molar-refractivity contribution in [1.29, 1.82) is 0 Å². The summed E-state index contributed by atoms with van der Waals surface area (Å²) in [6, 6.07) is 5.21. The number of hydrogen-bond acceptors (Lipinski definition) is 4. The maximum Gasteiger partial charge on any atom is 0.150 e. The second-order valence-corrected chi connectivity index (χ2v) is 3.78. The highest BCUT2D eigenvalue weighted by molar-refractivity contribution is 6.31. The van der Waals surface area contributed by atoms with Gasteiger partial charge < -0.3 is 0 Å². The van der Waals surface area contributed by atoms with Gasteiger partial charge in [-0.05, 0) is 29.8 Å². The summed E-state index contributed by atoms with van der Waals surface area (Å²) < 4.78 is 13.2. The highest BCUT2D eigenvalue weighted by Crippen LogP contribution is 2.26. The molecule has 1 aromatic carbocycles. The van der Waals surface area contributed by atoms with Gasteiger partial charge in [-0.2, -0.15) is 0 Å². The van der Waals surface area contributed by atoms with Crippen molar-refractivity contribution in [2.75, 3.05) is 0 Å². The van der Waals surface area contributed by atoms with Crippen molar-refractivity contribution in [3.05, 3.63) is 58.9 Å². The fourth-order valence-electron chi connectivity index (χ4n) is 1.50. The molecule has 0 bridgehead atoms. The van der Waals surface area contributed by atoms with Crippen LogP contribution in [0.25, 0.3) is 0 Å². The van der Waals surface area contributed by atoms with E-state index in [2.05, 4.69) is 15.4 Å². The molecule has 0 saturated heterocycles. The Morgan fingerprint density at radius 1 is 1.29 bits per heavy atom. The molecule has 0 aliphatic carbocycles. The predicted molar refractivity (Wildman–Crippen MR) is 62.6 cm³/mol. The molecule has 0 aliphatic rings. The summed E-state index contributed by atoms with van der Waals surface area (Å²) in [5.41, 5.74) is 3.03. The Labute approximate surface area is 103 Å². The molecule has 0 saturated carbocycles. The molecule has 1 heterocycles. The number of nitrogens with one attached hydrogen (secondary N) is 1. The SMILES string of the molecule is NNC(c1ncccn1)c1cc(F)ccc1Cl. The molecule has 2 rings (SSSR count). The number of hydrazine groups is 1. The van der Waals surface area contributed by atoms with Crippen LogP contribution in [0.4, 0.5) is 4.39 Å². The number of nitrogens with two attached hydrogens (primary N) is 1. The van der Waals surface area contributed by atoms with Gasteiger partial charge in [0.15, 0.2) is 5.82 Å². The summed E-state index contributed by atoms with van der Waals surface area (Å²) in [6.45, 7) is 0. The van der Waals surface area contributed by atoms with Gasteiger partial charge in [0.05, 0.1) is 0 Å². The number of aromatic nitrogens is 2. The summed E-state index contributed by atoms with van der Waals surface area (Å²) in [4.78, 5) is 8.12. The zero-order chi connectivity index (χ0) is 12.3. The van der Waals surface area contributed by atoms with E-state index < -0.39 is 6.04 Å². The third kappa shape index (κ3) is 2.58. The first-order valence-corrected chi connectivity index (χ1v) is 5.28. The number of halogens is 2. The minimum Gasteiger partial charge on any atom is -0.270 e. The van der Waals surface area contributed by atoms with Gasteiger partial charge in [0.2, 0.25) is 0 Å². The molecule has 2 aromatic rings. The van der Waals surface area contributed by atoms with Gasteiger partial charge in [0.25, 0.3) is 0 Å². The van der Waals surface area contributed by atoms with Gasteiger partial charge in [-0.25, -0.2) is 19.8 Å². The third-order valence-corrected chi connectivity index (χ3v) is 2.62. The van der Waals surface area contributed by atoms with Crippen LogP contribution in [0.2, 0.25) is 5.02 Å². The molecular formula is C11H10ClFN4. The number of rotatable bonds is 3. The van der Waals surface area contributed by atoms with Crippen LogP contribution in [0.1, 0.15) is 17.4 Å². The van der Waals surface area contributed by atoms with Crippen LogP contribution in [0.15, 0.2) is 36.7 Å². The lowest BCUT2D eigenvalue weighted by molar-refractivity contribution is 0.586. The second kappa shape index (κ2) is 5.18. The minimum absolute atomic E-state index is 0.388. The lowest BCUT2D eigenvalue weighted by Gasteiger charge is -2.16. The number of hydrogen-bond donors (Lipinski definition) is 2. The molecule has 1 atom stereocenters. The molecule has 0 amide bonds. The van der Waals surface area contributed by atoms with Crippen molar-refractivity contribution >= 4 is 11.6 Å². The highest BCUT2D eigenvalue weighted by Gasteiger charge is 2.18. The Morgan fingerprint density at radius 2 is 2.00 bits per heavy atom. The molecule has 0 radical (unpaired) electrons. The standard InChI is InChI=1S/C11H10ClFN4/c12-9-3-2-7(13)6-8(9)10(17-14)11-15-4-1-5-16-11/h1-6,10,17H,14H2. The molecule has 4 nitrogen and oxygen atoms in total. The van der Waals surface area contributed by atoms with Crippen LogP contribution in [-0.4, -0.2) is 9.97 Å². The van der Waals surface area contributed by atoms with Crippen molar-refractivity contribution in [1.82, 2.24) is 15.4 Å². The molecule has 0 aliphatic heterocycles. The first-order valence-electron chi connectivity index (χ1n) is 4.90. The predicted octanol–water partition coefficient (Wildman–Crippen LogP) is 1.82. The van der Waals surface area contributed by atoms with Crippen LogP contribution in [0.5, 0.6) is 0 Å². The molecule has 0 fully saturated rings. The van der Waals surface area contributed by atoms with E-state index in [4.69, 9.17) is 17.4 Å². The summed E-state index contributed by atoms with van der Waals surface area (Å²) in [7, 11) is 0. The lowest BCUT2D eigenvalue weighted by Crippen LogP contribution is -2.30. The number of benzene rings is 1. The molecule has 3 N–H and O–H groups in total. The molecular weight excluding hydrogens is 243 g/mol. The van der Waals surface area contributed by atoms with E-state index in [0.717, 1.165) is 0 Å². The molecule has 1 unspecified atom stereocenters. The molecule has 88 valence electrons. The first-order chi connectivity index (χ1) is 8.22. The van der Waals surface area contributed by atoms with Gasteiger partial charge in [0, 0.05) is 17.4 Å². The summed E-state index contributed by atoms with van der Waals surface area (Å²) >= 11 is 6.00. The van der Waals surface area contributed by atoms with Gasteiger partial charge in [-0.15, -0.1) is 0 Å². The lowest BCUT2D eigenvalue weighted by atomic mass is 10.1. The van der Waals surface area contributed by atoms with Crippen LogP contribution in [0, 0.1) is 5.82 Å². The van der Waals surface area contributed by atoms with Crippen LogP contribution in [0.3, 0.4) is 0 Å². The van der Waals surface area contributed by atoms with Crippen molar-refractivity contribution in [3.63, 3.8) is 0 Å². The Morgan fingerprint density at radius 3 is 2.65 bits per heavy atom. The third-order valence-electron chi connectivity index (χ3n) is 2.28. The van der Waals surface area contributed by atoms with E-state index in [1.54, 1.807) is 18.5 Å². The van der Waals surface area contributed by atoms with Crippen molar-refractivity contribution in [2.45, 2.75) is 6.04 Å². The van der Waals surface area contributed by atoms with Crippen molar-refractivity contribution in [3.8, 4) is 0 Å². The second-order valence-electron chi connectivity index (χ2n) is 3.37. The smallest absolute Gasteiger partial charge is 0.150 e. The van der Waals surface area contributed by atoms with E-state index >= 15 is 0 Å². The minimum atomic E-state index is -0.542. The van der Waals surface area contributed by atoms with Crippen molar-refractivity contribution < 1.29 is 4.39 Å². The Balaban J connectivity index is 2.46. The van der Waals surface area contributed by atoms with Gasteiger partial charge >= 0.3 is 0 Å². The van der Waals surface area contributed by atoms with Gasteiger partial charge in [-0.1, -0.05) is 11.6 Å². The fourth-order valence-corrected chi connectivity index (χ4v) is 1.73. The highest BCUT2D eigenvalue weighted by atomic mass is 35.5.